The molecule has 4 nitrogen and oxygen atoms in total. The molecule has 1 aromatic rings. The predicted octanol–water partition coefficient (Wildman–Crippen LogP) is 2.02. The molecule has 0 amide bonds. The molecule has 0 aliphatic heterocycles. The Hall–Kier alpha value is -1.71. The van der Waals surface area contributed by atoms with Crippen molar-refractivity contribution in [2.24, 2.45) is 5.92 Å². The summed E-state index contributed by atoms with van der Waals surface area (Å²) in [5.41, 5.74) is 0. The van der Waals surface area contributed by atoms with E-state index in [0.717, 1.165) is 12.8 Å². The fourth-order valence-electron chi connectivity index (χ4n) is 1.40. The van der Waals surface area contributed by atoms with E-state index in [9.17, 15) is 4.79 Å². The normalized spacial score (nSPS) is 14.4. The van der Waals surface area contributed by atoms with E-state index in [1.54, 1.807) is 32.4 Å². The van der Waals surface area contributed by atoms with E-state index in [4.69, 9.17) is 14.2 Å². The molecule has 1 aromatic carbocycles. The second kappa shape index (κ2) is 4.43. The van der Waals surface area contributed by atoms with Crippen molar-refractivity contribution in [2.45, 2.75) is 12.8 Å². The van der Waals surface area contributed by atoms with Crippen molar-refractivity contribution >= 4 is 5.97 Å². The summed E-state index contributed by atoms with van der Waals surface area (Å²) >= 11 is 0. The first-order valence-corrected chi connectivity index (χ1v) is 5.18. The number of hydrogen-bond acceptors (Lipinski definition) is 4. The molecular weight excluding hydrogens is 208 g/mol. The monoisotopic (exact) mass is 222 g/mol. The number of methoxy groups -OCH3 is 2. The fraction of sp³-hybridized carbons (Fsp3) is 0.417. The van der Waals surface area contributed by atoms with Crippen molar-refractivity contribution in [3.63, 3.8) is 0 Å². The molecule has 0 saturated heterocycles. The summed E-state index contributed by atoms with van der Waals surface area (Å²) in [7, 11) is 3.11. The van der Waals surface area contributed by atoms with Crippen LogP contribution in [0.5, 0.6) is 17.2 Å². The van der Waals surface area contributed by atoms with Gasteiger partial charge in [0, 0.05) is 6.07 Å². The maximum atomic E-state index is 11.4. The molecule has 1 fully saturated rings. The quantitative estimate of drug-likeness (QED) is 0.577. The van der Waals surface area contributed by atoms with Gasteiger partial charge in [-0.25, -0.2) is 0 Å². The average molecular weight is 222 g/mol. The van der Waals surface area contributed by atoms with Crippen molar-refractivity contribution in [3.05, 3.63) is 18.2 Å². The molecule has 2 rings (SSSR count). The zero-order chi connectivity index (χ0) is 11.5. The molecule has 0 atom stereocenters. The van der Waals surface area contributed by atoms with Gasteiger partial charge in [0.25, 0.3) is 0 Å². The summed E-state index contributed by atoms with van der Waals surface area (Å²) in [6, 6.07) is 5.06. The zero-order valence-corrected chi connectivity index (χ0v) is 9.36. The highest BCUT2D eigenvalue weighted by Crippen LogP contribution is 2.34. The Kier molecular flexibility index (Phi) is 2.99. The van der Waals surface area contributed by atoms with E-state index in [1.807, 2.05) is 0 Å². The molecule has 1 aliphatic carbocycles. The Morgan fingerprint density at radius 2 is 1.88 bits per heavy atom. The van der Waals surface area contributed by atoms with Gasteiger partial charge >= 0.3 is 5.97 Å². The smallest absolute Gasteiger partial charge is 0.314 e. The Morgan fingerprint density at radius 1 is 1.19 bits per heavy atom. The molecule has 0 aromatic heterocycles. The third kappa shape index (κ3) is 2.27. The lowest BCUT2D eigenvalue weighted by Gasteiger charge is -2.09. The van der Waals surface area contributed by atoms with Crippen molar-refractivity contribution in [3.8, 4) is 17.2 Å². The Morgan fingerprint density at radius 3 is 2.44 bits per heavy atom. The highest BCUT2D eigenvalue weighted by Gasteiger charge is 2.31. The van der Waals surface area contributed by atoms with Gasteiger partial charge in [-0.3, -0.25) is 4.79 Å². The number of rotatable bonds is 4. The van der Waals surface area contributed by atoms with Crippen molar-refractivity contribution < 1.29 is 19.0 Å². The van der Waals surface area contributed by atoms with E-state index in [2.05, 4.69) is 0 Å². The SMILES string of the molecule is COc1ccc(OC(=O)C2CC2)cc1OC. The van der Waals surface area contributed by atoms with Gasteiger partial charge in [0.1, 0.15) is 5.75 Å². The second-order valence-corrected chi connectivity index (χ2v) is 3.71. The Labute approximate surface area is 94.1 Å². The van der Waals surface area contributed by atoms with Crippen LogP contribution in [0.3, 0.4) is 0 Å². The van der Waals surface area contributed by atoms with Gasteiger partial charge in [-0.2, -0.15) is 0 Å². The Balaban J connectivity index is 2.12. The van der Waals surface area contributed by atoms with Crippen LogP contribution in [-0.2, 0) is 4.79 Å². The van der Waals surface area contributed by atoms with Gasteiger partial charge in [0.15, 0.2) is 11.5 Å². The van der Waals surface area contributed by atoms with E-state index < -0.39 is 0 Å². The first-order chi connectivity index (χ1) is 7.74. The number of benzene rings is 1. The summed E-state index contributed by atoms with van der Waals surface area (Å²) in [5.74, 6) is 1.60. The lowest BCUT2D eigenvalue weighted by atomic mass is 10.3. The fourth-order valence-corrected chi connectivity index (χ4v) is 1.40. The molecule has 1 saturated carbocycles. The van der Waals surface area contributed by atoms with Crippen LogP contribution < -0.4 is 14.2 Å². The molecule has 0 bridgehead atoms. The minimum Gasteiger partial charge on any atom is -0.493 e. The van der Waals surface area contributed by atoms with Crippen LogP contribution in [0.25, 0.3) is 0 Å². The van der Waals surface area contributed by atoms with Gasteiger partial charge in [-0.1, -0.05) is 0 Å². The maximum Gasteiger partial charge on any atom is 0.314 e. The first-order valence-electron chi connectivity index (χ1n) is 5.18. The largest absolute Gasteiger partial charge is 0.493 e. The minimum absolute atomic E-state index is 0.0908. The van der Waals surface area contributed by atoms with Crippen LogP contribution in [0.1, 0.15) is 12.8 Å². The molecule has 0 heterocycles. The van der Waals surface area contributed by atoms with Crippen LogP contribution >= 0.6 is 0 Å². The highest BCUT2D eigenvalue weighted by atomic mass is 16.5. The van der Waals surface area contributed by atoms with Crippen molar-refractivity contribution in [1.29, 1.82) is 0 Å². The number of hydrogen-bond donors (Lipinski definition) is 0. The van der Waals surface area contributed by atoms with Crippen LogP contribution in [-0.4, -0.2) is 20.2 Å². The lowest BCUT2D eigenvalue weighted by molar-refractivity contribution is -0.135. The number of carbonyl (C=O) groups excluding carboxylic acids is 1. The van der Waals surface area contributed by atoms with E-state index in [1.165, 1.54) is 0 Å². The van der Waals surface area contributed by atoms with E-state index in [0.29, 0.717) is 17.2 Å². The van der Waals surface area contributed by atoms with Crippen LogP contribution in [0.15, 0.2) is 18.2 Å². The molecule has 0 radical (unpaired) electrons. The molecule has 1 aliphatic rings. The standard InChI is InChI=1S/C12H14O4/c1-14-10-6-5-9(7-11(10)15-2)16-12(13)8-3-4-8/h5-8H,3-4H2,1-2H3. The number of ether oxygens (including phenoxy) is 3. The summed E-state index contributed by atoms with van der Waals surface area (Å²) in [6.07, 6.45) is 1.87. The van der Waals surface area contributed by atoms with Gasteiger partial charge in [0.05, 0.1) is 20.1 Å². The second-order valence-electron chi connectivity index (χ2n) is 3.71. The predicted molar refractivity (Wildman–Crippen MR) is 57.9 cm³/mol. The number of carbonyl (C=O) groups is 1. The molecule has 0 spiro atoms. The third-order valence-corrected chi connectivity index (χ3v) is 2.48. The lowest BCUT2D eigenvalue weighted by Crippen LogP contribution is -2.09. The molecule has 0 N–H and O–H groups in total. The zero-order valence-electron chi connectivity index (χ0n) is 9.36. The topological polar surface area (TPSA) is 44.8 Å². The van der Waals surface area contributed by atoms with Gasteiger partial charge < -0.3 is 14.2 Å². The van der Waals surface area contributed by atoms with Gasteiger partial charge in [0.2, 0.25) is 0 Å². The van der Waals surface area contributed by atoms with Crippen LogP contribution in [0.4, 0.5) is 0 Å². The molecule has 0 unspecified atom stereocenters. The van der Waals surface area contributed by atoms with Crippen LogP contribution in [0, 0.1) is 5.92 Å². The van der Waals surface area contributed by atoms with Gasteiger partial charge in [-0.05, 0) is 25.0 Å². The molecule has 16 heavy (non-hydrogen) atoms. The van der Waals surface area contributed by atoms with Crippen LogP contribution in [0.2, 0.25) is 0 Å². The average Bonchev–Trinajstić information content (AvgIpc) is 3.12. The maximum absolute atomic E-state index is 11.4. The third-order valence-electron chi connectivity index (χ3n) is 2.48. The molecule has 4 heteroatoms. The Bertz CT molecular complexity index is 396. The highest BCUT2D eigenvalue weighted by molar-refractivity contribution is 5.77. The van der Waals surface area contributed by atoms with E-state index >= 15 is 0 Å². The minimum atomic E-state index is -0.160. The van der Waals surface area contributed by atoms with Gasteiger partial charge in [-0.15, -0.1) is 0 Å². The molecule has 86 valence electrons. The summed E-state index contributed by atoms with van der Waals surface area (Å²) in [4.78, 5) is 11.4. The first kappa shape index (κ1) is 10.8. The van der Waals surface area contributed by atoms with Crippen molar-refractivity contribution in [2.75, 3.05) is 14.2 Å². The van der Waals surface area contributed by atoms with Crippen molar-refractivity contribution in [1.82, 2.24) is 0 Å². The summed E-state index contributed by atoms with van der Waals surface area (Å²) in [5, 5.41) is 0. The molecular formula is C12H14O4. The summed E-state index contributed by atoms with van der Waals surface area (Å²) in [6.45, 7) is 0. The summed E-state index contributed by atoms with van der Waals surface area (Å²) < 4.78 is 15.4. The van der Waals surface area contributed by atoms with E-state index in [-0.39, 0.29) is 11.9 Å². The number of esters is 1.